The van der Waals surface area contributed by atoms with Crippen LogP contribution in [0.25, 0.3) is 0 Å². The average molecular weight is 721 g/mol. The molecule has 0 spiro atoms. The van der Waals surface area contributed by atoms with Crippen LogP contribution >= 0.6 is 0 Å². The lowest BCUT2D eigenvalue weighted by Gasteiger charge is -2.72. The Balaban J connectivity index is 1.02. The Morgan fingerprint density at radius 2 is 1.73 bits per heavy atom. The van der Waals surface area contributed by atoms with Gasteiger partial charge in [-0.3, -0.25) is 4.79 Å². The van der Waals surface area contributed by atoms with Crippen LogP contribution in [0.4, 0.5) is 0 Å². The molecule has 8 rings (SSSR count). The van der Waals surface area contributed by atoms with Crippen molar-refractivity contribution in [2.24, 2.45) is 69.0 Å². The molecular weight excluding hydrogens is 653 g/mol. The van der Waals surface area contributed by atoms with Gasteiger partial charge < -0.3 is 15.0 Å². The minimum Gasteiger partial charge on any atom is -0.466 e. The van der Waals surface area contributed by atoms with E-state index in [-0.39, 0.29) is 22.8 Å². The predicted molar refractivity (Wildman–Crippen MR) is 206 cm³/mol. The second kappa shape index (κ2) is 12.3. The van der Waals surface area contributed by atoms with Gasteiger partial charge in [0.15, 0.2) is 9.84 Å². The molecule has 0 bridgehead atoms. The number of rotatable bonds is 8. The zero-order chi connectivity index (χ0) is 36.4. The molecule has 1 heterocycles. The van der Waals surface area contributed by atoms with Gasteiger partial charge in [0, 0.05) is 31.7 Å². The summed E-state index contributed by atoms with van der Waals surface area (Å²) in [6.07, 6.45) is 17.8. The summed E-state index contributed by atoms with van der Waals surface area (Å²) in [5, 5.41) is 4.23. The van der Waals surface area contributed by atoms with Crippen molar-refractivity contribution < 1.29 is 17.9 Å². The first kappa shape index (κ1) is 36.5. The summed E-state index contributed by atoms with van der Waals surface area (Å²) < 4.78 is 29.5. The monoisotopic (exact) mass is 720 g/mol. The summed E-state index contributed by atoms with van der Waals surface area (Å²) in [5.41, 5.74) is 5.75. The highest BCUT2D eigenvalue weighted by Gasteiger charge is 2.70. The first-order chi connectivity index (χ1) is 24.0. The zero-order valence-electron chi connectivity index (χ0n) is 33.0. The maximum Gasteiger partial charge on any atom is 0.309 e. The van der Waals surface area contributed by atoms with E-state index in [2.05, 4.69) is 70.5 Å². The second-order valence-electron chi connectivity index (χ2n) is 20.2. The zero-order valence-corrected chi connectivity index (χ0v) is 33.8. The molecular formula is C44H68N2O4S. The Morgan fingerprint density at radius 3 is 2.39 bits per heavy atom. The van der Waals surface area contributed by atoms with Gasteiger partial charge in [-0.1, -0.05) is 58.9 Å². The topological polar surface area (TPSA) is 75.7 Å². The van der Waals surface area contributed by atoms with Crippen LogP contribution in [0, 0.1) is 69.0 Å². The van der Waals surface area contributed by atoms with Crippen LogP contribution in [0.15, 0.2) is 35.5 Å². The molecule has 0 aromatic rings. The smallest absolute Gasteiger partial charge is 0.309 e. The Hall–Kier alpha value is -1.44. The van der Waals surface area contributed by atoms with E-state index in [4.69, 9.17) is 4.74 Å². The van der Waals surface area contributed by atoms with Crippen LogP contribution in [0.3, 0.4) is 0 Å². The minimum atomic E-state index is -2.85. The van der Waals surface area contributed by atoms with Crippen molar-refractivity contribution in [1.29, 1.82) is 0 Å². The van der Waals surface area contributed by atoms with E-state index in [1.165, 1.54) is 68.9 Å². The molecule has 5 saturated carbocycles. The molecule has 284 valence electrons. The summed E-state index contributed by atoms with van der Waals surface area (Å²) in [6.45, 7) is 25.9. The molecule has 6 nitrogen and oxygen atoms in total. The number of sulfone groups is 1. The van der Waals surface area contributed by atoms with E-state index in [0.717, 1.165) is 25.4 Å². The highest BCUT2D eigenvalue weighted by atomic mass is 32.2. The number of hydrogen-bond donors (Lipinski definition) is 1. The molecule has 1 aliphatic heterocycles. The van der Waals surface area contributed by atoms with Crippen molar-refractivity contribution >= 4 is 15.8 Å². The summed E-state index contributed by atoms with van der Waals surface area (Å²) in [6, 6.07) is 0. The van der Waals surface area contributed by atoms with Gasteiger partial charge in [-0.05, 0) is 152 Å². The van der Waals surface area contributed by atoms with Gasteiger partial charge in [-0.2, -0.15) is 0 Å². The number of carbonyl (C=O) groups is 1. The molecule has 0 aromatic heterocycles. The summed E-state index contributed by atoms with van der Waals surface area (Å²) >= 11 is 0. The number of fused-ring (bicyclic) bond motifs is 8. The third-order valence-electron chi connectivity index (χ3n) is 18.0. The molecule has 8 aliphatic rings. The van der Waals surface area contributed by atoms with Crippen molar-refractivity contribution in [3.63, 3.8) is 0 Å². The molecule has 7 heteroatoms. The highest BCUT2D eigenvalue weighted by molar-refractivity contribution is 7.91. The van der Waals surface area contributed by atoms with E-state index in [1.54, 1.807) is 5.57 Å². The van der Waals surface area contributed by atoms with Crippen molar-refractivity contribution in [1.82, 2.24) is 10.2 Å². The van der Waals surface area contributed by atoms with Gasteiger partial charge in [-0.25, -0.2) is 8.42 Å². The molecule has 1 saturated heterocycles. The van der Waals surface area contributed by atoms with Crippen LogP contribution in [0.5, 0.6) is 0 Å². The molecule has 0 radical (unpaired) electrons. The number of nitrogens with one attached hydrogen (secondary N) is 1. The number of carbonyl (C=O) groups excluding carboxylic acids is 1. The van der Waals surface area contributed by atoms with Crippen molar-refractivity contribution in [3.8, 4) is 0 Å². The minimum absolute atomic E-state index is 0.0165. The molecule has 0 amide bonds. The van der Waals surface area contributed by atoms with Gasteiger partial charge in [0.1, 0.15) is 0 Å². The molecule has 0 aromatic carbocycles. The van der Waals surface area contributed by atoms with Gasteiger partial charge in [-0.15, -0.1) is 0 Å². The van der Waals surface area contributed by atoms with E-state index < -0.39 is 9.84 Å². The third-order valence-corrected chi connectivity index (χ3v) is 19.6. The summed E-state index contributed by atoms with van der Waals surface area (Å²) in [7, 11) is -2.85. The molecule has 51 heavy (non-hydrogen) atoms. The number of ether oxygens (including phenoxy) is 1. The van der Waals surface area contributed by atoms with Crippen LogP contribution in [0.2, 0.25) is 0 Å². The fourth-order valence-corrected chi connectivity index (χ4v) is 16.5. The normalized spacial score (nSPS) is 47.8. The lowest BCUT2D eigenvalue weighted by atomic mass is 9.33. The summed E-state index contributed by atoms with van der Waals surface area (Å²) in [5.74, 6) is 4.90. The molecule has 12 atom stereocenters. The van der Waals surface area contributed by atoms with E-state index >= 15 is 0 Å². The SMILES string of the molecule is C=C(C)C1CCC2(NCCN3CCS(=O)(=O)CC3)CCC3(C)C(CCC4C5(C)CC=C(C6=CC7C(C6)C7C(=O)OCC)C(C)(C)C5CCC43C)C12. The van der Waals surface area contributed by atoms with Gasteiger partial charge >= 0.3 is 5.97 Å². The largest absolute Gasteiger partial charge is 0.466 e. The highest BCUT2D eigenvalue weighted by Crippen LogP contribution is 2.77. The van der Waals surface area contributed by atoms with Crippen molar-refractivity contribution in [2.75, 3.05) is 44.3 Å². The predicted octanol–water partition coefficient (Wildman–Crippen LogP) is 8.01. The number of nitrogens with zero attached hydrogens (tertiary/aromatic N) is 1. The Labute approximate surface area is 310 Å². The summed E-state index contributed by atoms with van der Waals surface area (Å²) in [4.78, 5) is 14.9. The van der Waals surface area contributed by atoms with Gasteiger partial charge in [0.05, 0.1) is 24.0 Å². The van der Waals surface area contributed by atoms with E-state index in [1.807, 2.05) is 6.92 Å². The van der Waals surface area contributed by atoms with Crippen LogP contribution in [-0.2, 0) is 19.4 Å². The Bertz CT molecular complexity index is 1620. The maximum atomic E-state index is 12.5. The van der Waals surface area contributed by atoms with Gasteiger partial charge in [0.25, 0.3) is 0 Å². The Morgan fingerprint density at radius 1 is 0.980 bits per heavy atom. The van der Waals surface area contributed by atoms with Crippen LogP contribution in [0.1, 0.15) is 113 Å². The lowest BCUT2D eigenvalue weighted by molar-refractivity contribution is -0.221. The van der Waals surface area contributed by atoms with Crippen LogP contribution < -0.4 is 5.32 Å². The Kier molecular flexibility index (Phi) is 8.80. The number of allylic oxidation sites excluding steroid dienone is 5. The number of hydrogen-bond acceptors (Lipinski definition) is 6. The van der Waals surface area contributed by atoms with E-state index in [9.17, 15) is 13.2 Å². The first-order valence-corrected chi connectivity index (χ1v) is 22.7. The standard InChI is InChI=1S/C44H68N2O4S/c1-9-50-39(47)37-31-26-29(27-32(31)37)33-13-15-41(6)35(40(33,4)5)14-16-43(8)36(41)11-10-34-38-30(28(2)3)12-17-44(38,19-18-42(34,43)7)45-20-21-46-22-24-51(48,49)25-23-46/h13,26,30-32,34-38,45H,2,9-12,14-25,27H2,1,3-8H3. The molecule has 1 N–H and O–H groups in total. The van der Waals surface area contributed by atoms with Crippen molar-refractivity contribution in [3.05, 3.63) is 35.5 Å². The average Bonchev–Trinajstić information content (AvgIpc) is 3.35. The third kappa shape index (κ3) is 5.40. The molecule has 7 aliphatic carbocycles. The molecule has 12 unspecified atom stereocenters. The maximum absolute atomic E-state index is 12.5. The van der Waals surface area contributed by atoms with E-state index in [0.29, 0.717) is 83.0 Å². The van der Waals surface area contributed by atoms with Gasteiger partial charge in [0.2, 0.25) is 0 Å². The fourth-order valence-electron chi connectivity index (χ4n) is 15.3. The lowest BCUT2D eigenvalue weighted by Crippen LogP contribution is -2.68. The quantitative estimate of drug-likeness (QED) is 0.202. The fraction of sp³-hybridized carbons (Fsp3) is 0.841. The second-order valence-corrected chi connectivity index (χ2v) is 22.5. The van der Waals surface area contributed by atoms with Crippen molar-refractivity contribution in [2.45, 2.75) is 118 Å². The van der Waals surface area contributed by atoms with Crippen LogP contribution in [-0.4, -0.2) is 69.1 Å². The molecule has 6 fully saturated rings. The number of esters is 1. The first-order valence-electron chi connectivity index (χ1n) is 20.9.